The predicted molar refractivity (Wildman–Crippen MR) is 81.9 cm³/mol. The standard InChI is InChI=1S/C17H14FN3/c1-2-11-21-12-20-16(14-5-3-4-6-15(14)18)17(21)13-7-9-19-10-8-13/h2-12H,1H3/b11-2+. The predicted octanol–water partition coefficient (Wildman–Crippen LogP) is 4.24. The molecule has 0 unspecified atom stereocenters. The molecule has 2 aromatic heterocycles. The van der Waals surface area contributed by atoms with Crippen LogP contribution >= 0.6 is 0 Å². The Labute approximate surface area is 122 Å². The third-order valence-corrected chi connectivity index (χ3v) is 3.19. The van der Waals surface area contributed by atoms with Gasteiger partial charge >= 0.3 is 0 Å². The van der Waals surface area contributed by atoms with Gasteiger partial charge in [-0.15, -0.1) is 0 Å². The second kappa shape index (κ2) is 5.71. The van der Waals surface area contributed by atoms with E-state index in [0.29, 0.717) is 11.3 Å². The Bertz CT molecular complexity index is 776. The molecule has 0 amide bonds. The Morgan fingerprint density at radius 1 is 1.10 bits per heavy atom. The van der Waals surface area contributed by atoms with Crippen molar-refractivity contribution < 1.29 is 4.39 Å². The second-order valence-electron chi connectivity index (χ2n) is 4.55. The SMILES string of the molecule is C/C=C/n1cnc(-c2ccccc2F)c1-c1ccncc1. The molecule has 4 heteroatoms. The van der Waals surface area contributed by atoms with Crippen molar-refractivity contribution in [3.05, 3.63) is 67.0 Å². The Balaban J connectivity index is 2.26. The van der Waals surface area contributed by atoms with Gasteiger partial charge in [-0.2, -0.15) is 0 Å². The van der Waals surface area contributed by atoms with E-state index in [0.717, 1.165) is 11.3 Å². The van der Waals surface area contributed by atoms with E-state index in [4.69, 9.17) is 0 Å². The first kappa shape index (κ1) is 13.2. The van der Waals surface area contributed by atoms with Crippen molar-refractivity contribution in [2.45, 2.75) is 6.92 Å². The summed E-state index contributed by atoms with van der Waals surface area (Å²) in [6.07, 6.45) is 8.93. The fourth-order valence-corrected chi connectivity index (χ4v) is 2.28. The van der Waals surface area contributed by atoms with E-state index in [1.807, 2.05) is 42.0 Å². The lowest BCUT2D eigenvalue weighted by Gasteiger charge is -2.07. The lowest BCUT2D eigenvalue weighted by Crippen LogP contribution is -1.92. The van der Waals surface area contributed by atoms with Gasteiger partial charge in [0.25, 0.3) is 0 Å². The number of aromatic nitrogens is 3. The van der Waals surface area contributed by atoms with Crippen LogP contribution in [0.25, 0.3) is 28.7 Å². The molecule has 0 saturated carbocycles. The van der Waals surface area contributed by atoms with Crippen molar-refractivity contribution in [2.24, 2.45) is 0 Å². The smallest absolute Gasteiger partial charge is 0.132 e. The first-order valence-corrected chi connectivity index (χ1v) is 6.66. The molecule has 2 heterocycles. The van der Waals surface area contributed by atoms with E-state index < -0.39 is 0 Å². The average Bonchev–Trinajstić information content (AvgIpc) is 2.92. The molecule has 3 nitrogen and oxygen atoms in total. The van der Waals surface area contributed by atoms with Gasteiger partial charge in [0, 0.05) is 29.7 Å². The van der Waals surface area contributed by atoms with Crippen LogP contribution in [0, 0.1) is 5.82 Å². The van der Waals surface area contributed by atoms with Crippen LogP contribution in [0.4, 0.5) is 4.39 Å². The highest BCUT2D eigenvalue weighted by atomic mass is 19.1. The molecular formula is C17H14FN3. The highest BCUT2D eigenvalue weighted by Crippen LogP contribution is 2.32. The Kier molecular flexibility index (Phi) is 3.60. The molecule has 104 valence electrons. The van der Waals surface area contributed by atoms with Gasteiger partial charge in [-0.05, 0) is 31.2 Å². The van der Waals surface area contributed by atoms with Gasteiger partial charge in [0.1, 0.15) is 5.82 Å². The third kappa shape index (κ3) is 2.48. The van der Waals surface area contributed by atoms with E-state index in [9.17, 15) is 4.39 Å². The lowest BCUT2D eigenvalue weighted by molar-refractivity contribution is 0.631. The summed E-state index contributed by atoms with van der Waals surface area (Å²) in [6.45, 7) is 1.93. The molecule has 0 aliphatic carbocycles. The maximum absolute atomic E-state index is 14.1. The van der Waals surface area contributed by atoms with E-state index in [1.165, 1.54) is 6.07 Å². The molecule has 0 bridgehead atoms. The monoisotopic (exact) mass is 279 g/mol. The van der Waals surface area contributed by atoms with E-state index >= 15 is 0 Å². The lowest BCUT2D eigenvalue weighted by atomic mass is 10.1. The first-order valence-electron chi connectivity index (χ1n) is 6.66. The number of hydrogen-bond acceptors (Lipinski definition) is 2. The van der Waals surface area contributed by atoms with Crippen molar-refractivity contribution in [1.82, 2.24) is 14.5 Å². The highest BCUT2D eigenvalue weighted by molar-refractivity contribution is 5.80. The average molecular weight is 279 g/mol. The van der Waals surface area contributed by atoms with Gasteiger partial charge in [0.05, 0.1) is 17.7 Å². The molecule has 1 aromatic carbocycles. The largest absolute Gasteiger partial charge is 0.305 e. The van der Waals surface area contributed by atoms with Crippen molar-refractivity contribution in [2.75, 3.05) is 0 Å². The van der Waals surface area contributed by atoms with Crippen LogP contribution in [0.2, 0.25) is 0 Å². The highest BCUT2D eigenvalue weighted by Gasteiger charge is 2.16. The molecule has 21 heavy (non-hydrogen) atoms. The molecule has 0 aliphatic rings. The van der Waals surface area contributed by atoms with Crippen molar-refractivity contribution in [3.8, 4) is 22.5 Å². The van der Waals surface area contributed by atoms with Crippen LogP contribution in [0.5, 0.6) is 0 Å². The van der Waals surface area contributed by atoms with Crippen LogP contribution in [0.3, 0.4) is 0 Å². The van der Waals surface area contributed by atoms with E-state index in [2.05, 4.69) is 9.97 Å². The summed E-state index contributed by atoms with van der Waals surface area (Å²) in [5.41, 5.74) is 2.91. The molecule has 3 aromatic rings. The summed E-state index contributed by atoms with van der Waals surface area (Å²) < 4.78 is 16.0. The number of halogens is 1. The second-order valence-corrected chi connectivity index (χ2v) is 4.55. The number of rotatable bonds is 3. The van der Waals surface area contributed by atoms with E-state index in [1.54, 1.807) is 30.9 Å². The molecule has 0 atom stereocenters. The fraction of sp³-hybridized carbons (Fsp3) is 0.0588. The van der Waals surface area contributed by atoms with Crippen LogP contribution in [0.15, 0.2) is 61.2 Å². The Morgan fingerprint density at radius 3 is 2.57 bits per heavy atom. The van der Waals surface area contributed by atoms with Crippen molar-refractivity contribution in [3.63, 3.8) is 0 Å². The summed E-state index contributed by atoms with van der Waals surface area (Å²) >= 11 is 0. The topological polar surface area (TPSA) is 30.7 Å². The maximum Gasteiger partial charge on any atom is 0.132 e. The molecule has 0 radical (unpaired) electrons. The van der Waals surface area contributed by atoms with E-state index in [-0.39, 0.29) is 5.82 Å². The Morgan fingerprint density at radius 2 is 1.86 bits per heavy atom. The van der Waals surface area contributed by atoms with Crippen LogP contribution < -0.4 is 0 Å². The number of benzene rings is 1. The third-order valence-electron chi connectivity index (χ3n) is 3.19. The molecule has 0 spiro atoms. The zero-order valence-corrected chi connectivity index (χ0v) is 11.6. The van der Waals surface area contributed by atoms with Gasteiger partial charge < -0.3 is 4.57 Å². The number of pyridine rings is 1. The van der Waals surface area contributed by atoms with Crippen LogP contribution in [-0.2, 0) is 0 Å². The summed E-state index contributed by atoms with van der Waals surface area (Å²) in [5, 5.41) is 0. The number of hydrogen-bond donors (Lipinski definition) is 0. The maximum atomic E-state index is 14.1. The van der Waals surface area contributed by atoms with Gasteiger partial charge in [-0.25, -0.2) is 9.37 Å². The van der Waals surface area contributed by atoms with Crippen LogP contribution in [-0.4, -0.2) is 14.5 Å². The minimum absolute atomic E-state index is 0.279. The number of imidazole rings is 1. The van der Waals surface area contributed by atoms with Gasteiger partial charge in [-0.3, -0.25) is 4.98 Å². The normalized spacial score (nSPS) is 11.1. The summed E-state index contributed by atoms with van der Waals surface area (Å²) in [7, 11) is 0. The van der Waals surface area contributed by atoms with Gasteiger partial charge in [0.15, 0.2) is 0 Å². The Hall–Kier alpha value is -2.75. The quantitative estimate of drug-likeness (QED) is 0.718. The molecule has 0 aliphatic heterocycles. The molecule has 0 saturated heterocycles. The summed E-state index contributed by atoms with van der Waals surface area (Å²) in [5.74, 6) is -0.279. The van der Waals surface area contributed by atoms with Crippen LogP contribution in [0.1, 0.15) is 6.92 Å². The minimum Gasteiger partial charge on any atom is -0.305 e. The minimum atomic E-state index is -0.279. The molecule has 3 rings (SSSR count). The van der Waals surface area contributed by atoms with Gasteiger partial charge in [-0.1, -0.05) is 18.2 Å². The molecule has 0 fully saturated rings. The molecule has 0 N–H and O–H groups in total. The first-order chi connectivity index (χ1) is 10.3. The fourth-order valence-electron chi connectivity index (χ4n) is 2.28. The van der Waals surface area contributed by atoms with Crippen molar-refractivity contribution in [1.29, 1.82) is 0 Å². The zero-order valence-electron chi connectivity index (χ0n) is 11.6. The zero-order chi connectivity index (χ0) is 14.7. The summed E-state index contributed by atoms with van der Waals surface area (Å²) in [6, 6.07) is 10.4. The number of nitrogens with zero attached hydrogens (tertiary/aromatic N) is 3. The number of allylic oxidation sites excluding steroid dienone is 1. The summed E-state index contributed by atoms with van der Waals surface area (Å²) in [4.78, 5) is 8.42. The molecular weight excluding hydrogens is 265 g/mol. The van der Waals surface area contributed by atoms with Crippen molar-refractivity contribution >= 4 is 6.20 Å². The van der Waals surface area contributed by atoms with Gasteiger partial charge in [0.2, 0.25) is 0 Å².